The molecule has 1 N–H and O–H groups in total. The van der Waals surface area contributed by atoms with Crippen molar-refractivity contribution in [1.82, 2.24) is 15.2 Å². The number of furan rings is 1. The lowest BCUT2D eigenvalue weighted by atomic mass is 9.77. The summed E-state index contributed by atoms with van der Waals surface area (Å²) >= 11 is 0. The SMILES string of the molecule is O=C(C=Cc1ccco1)NC1C2CCN(CC2)C1Cc1cccnc1. The van der Waals surface area contributed by atoms with Crippen LogP contribution in [0.15, 0.2) is 53.4 Å². The first-order chi connectivity index (χ1) is 12.3. The Kier molecular flexibility index (Phi) is 4.65. The molecule has 0 saturated carbocycles. The van der Waals surface area contributed by atoms with E-state index in [4.69, 9.17) is 4.42 Å². The van der Waals surface area contributed by atoms with E-state index in [2.05, 4.69) is 21.3 Å². The lowest BCUT2D eigenvalue weighted by Gasteiger charge is -2.51. The number of piperidine rings is 3. The molecule has 3 aliphatic rings. The van der Waals surface area contributed by atoms with Gasteiger partial charge in [0.15, 0.2) is 0 Å². The zero-order chi connectivity index (χ0) is 17.1. The fourth-order valence-electron chi connectivity index (χ4n) is 4.14. The standard InChI is InChI=1S/C20H23N3O2/c24-19(6-5-17-4-2-12-25-17)22-20-16-7-10-23(11-8-16)18(20)13-15-3-1-9-21-14-15/h1-6,9,12,14,16,18,20H,7-8,10-11,13H2,(H,22,24). The zero-order valence-electron chi connectivity index (χ0n) is 14.2. The minimum absolute atomic E-state index is 0.0497. The van der Waals surface area contributed by atoms with E-state index in [1.54, 1.807) is 24.6 Å². The predicted molar refractivity (Wildman–Crippen MR) is 95.7 cm³/mol. The second-order valence-electron chi connectivity index (χ2n) is 6.89. The van der Waals surface area contributed by atoms with Crippen LogP contribution in [0, 0.1) is 5.92 Å². The average molecular weight is 337 g/mol. The molecule has 3 fully saturated rings. The van der Waals surface area contributed by atoms with Crippen LogP contribution in [0.4, 0.5) is 0 Å². The van der Waals surface area contributed by atoms with Crippen molar-refractivity contribution < 1.29 is 9.21 Å². The topological polar surface area (TPSA) is 58.4 Å². The summed E-state index contributed by atoms with van der Waals surface area (Å²) < 4.78 is 5.24. The summed E-state index contributed by atoms with van der Waals surface area (Å²) in [5, 5.41) is 3.25. The summed E-state index contributed by atoms with van der Waals surface area (Å²) in [5.74, 6) is 1.20. The van der Waals surface area contributed by atoms with Crippen molar-refractivity contribution in [1.29, 1.82) is 0 Å². The number of aromatic nitrogens is 1. The molecule has 0 aliphatic carbocycles. The van der Waals surface area contributed by atoms with Gasteiger partial charge in [-0.15, -0.1) is 0 Å². The normalized spacial score (nSPS) is 28.3. The van der Waals surface area contributed by atoms with Gasteiger partial charge in [0, 0.05) is 30.6 Å². The van der Waals surface area contributed by atoms with Crippen LogP contribution in [0.5, 0.6) is 0 Å². The molecule has 3 aliphatic heterocycles. The van der Waals surface area contributed by atoms with Crippen LogP contribution >= 0.6 is 0 Å². The number of fused-ring (bicyclic) bond motifs is 3. The summed E-state index contributed by atoms with van der Waals surface area (Å²) in [6.07, 6.45) is 11.9. The number of nitrogens with one attached hydrogen (secondary N) is 1. The Morgan fingerprint density at radius 3 is 2.92 bits per heavy atom. The Balaban J connectivity index is 1.46. The van der Waals surface area contributed by atoms with Crippen molar-refractivity contribution in [2.75, 3.05) is 13.1 Å². The molecule has 2 aromatic heterocycles. The van der Waals surface area contributed by atoms with Gasteiger partial charge in [-0.3, -0.25) is 14.7 Å². The highest BCUT2D eigenvalue weighted by atomic mass is 16.3. The Morgan fingerprint density at radius 1 is 1.32 bits per heavy atom. The van der Waals surface area contributed by atoms with E-state index in [-0.39, 0.29) is 11.9 Å². The second kappa shape index (κ2) is 7.23. The van der Waals surface area contributed by atoms with Gasteiger partial charge in [0.2, 0.25) is 5.91 Å². The molecule has 2 unspecified atom stereocenters. The number of nitrogens with zero attached hydrogens (tertiary/aromatic N) is 2. The highest BCUT2D eigenvalue weighted by Crippen LogP contribution is 2.33. The maximum atomic E-state index is 12.4. The second-order valence-corrected chi connectivity index (χ2v) is 6.89. The lowest BCUT2D eigenvalue weighted by molar-refractivity contribution is -0.119. The molecule has 5 nitrogen and oxygen atoms in total. The van der Waals surface area contributed by atoms with E-state index >= 15 is 0 Å². The minimum Gasteiger partial charge on any atom is -0.465 e. The molecule has 1 amide bonds. The molecule has 0 radical (unpaired) electrons. The van der Waals surface area contributed by atoms with Gasteiger partial charge in [0.25, 0.3) is 0 Å². The molecular weight excluding hydrogens is 314 g/mol. The highest BCUT2D eigenvalue weighted by Gasteiger charge is 2.42. The van der Waals surface area contributed by atoms with Gasteiger partial charge >= 0.3 is 0 Å². The number of carbonyl (C=O) groups excluding carboxylic acids is 1. The summed E-state index contributed by atoms with van der Waals surface area (Å²) in [6.45, 7) is 2.26. The Morgan fingerprint density at radius 2 is 2.20 bits per heavy atom. The third kappa shape index (κ3) is 3.66. The van der Waals surface area contributed by atoms with Crippen LogP contribution in [0.1, 0.15) is 24.2 Å². The van der Waals surface area contributed by atoms with E-state index in [9.17, 15) is 4.79 Å². The molecule has 2 bridgehead atoms. The molecule has 5 heteroatoms. The number of pyridine rings is 1. The zero-order valence-corrected chi connectivity index (χ0v) is 14.2. The third-order valence-electron chi connectivity index (χ3n) is 5.38. The van der Waals surface area contributed by atoms with Gasteiger partial charge in [0.1, 0.15) is 5.76 Å². The van der Waals surface area contributed by atoms with Gasteiger partial charge in [-0.05, 0) is 68.1 Å². The molecule has 2 aromatic rings. The fourth-order valence-corrected chi connectivity index (χ4v) is 4.14. The fraction of sp³-hybridized carbons (Fsp3) is 0.400. The van der Waals surface area contributed by atoms with Crippen molar-refractivity contribution in [3.63, 3.8) is 0 Å². The first kappa shape index (κ1) is 16.1. The molecule has 3 saturated heterocycles. The highest BCUT2D eigenvalue weighted by molar-refractivity contribution is 5.91. The maximum Gasteiger partial charge on any atom is 0.244 e. The van der Waals surface area contributed by atoms with Gasteiger partial charge in [-0.1, -0.05) is 6.07 Å². The van der Waals surface area contributed by atoms with Crippen LogP contribution in [0.2, 0.25) is 0 Å². The van der Waals surface area contributed by atoms with Crippen LogP contribution in [-0.2, 0) is 11.2 Å². The van der Waals surface area contributed by atoms with Crippen LogP contribution in [0.25, 0.3) is 6.08 Å². The van der Waals surface area contributed by atoms with Crippen molar-refractivity contribution in [2.24, 2.45) is 5.92 Å². The van der Waals surface area contributed by atoms with E-state index in [0.717, 1.165) is 32.4 Å². The molecule has 2 atom stereocenters. The quantitative estimate of drug-likeness (QED) is 0.852. The predicted octanol–water partition coefficient (Wildman–Crippen LogP) is 2.51. The maximum absolute atomic E-state index is 12.4. The summed E-state index contributed by atoms with van der Waals surface area (Å²) in [7, 11) is 0. The molecular formula is C20H23N3O2. The van der Waals surface area contributed by atoms with Gasteiger partial charge in [-0.2, -0.15) is 0 Å². The Bertz CT molecular complexity index is 719. The average Bonchev–Trinajstić information content (AvgIpc) is 3.17. The Hall–Kier alpha value is -2.40. The van der Waals surface area contributed by atoms with Crippen molar-refractivity contribution in [3.8, 4) is 0 Å². The molecule has 130 valence electrons. The number of rotatable bonds is 5. The van der Waals surface area contributed by atoms with E-state index in [0.29, 0.717) is 17.7 Å². The molecule has 5 rings (SSSR count). The van der Waals surface area contributed by atoms with Crippen LogP contribution < -0.4 is 5.32 Å². The number of amides is 1. The van der Waals surface area contributed by atoms with Crippen LogP contribution in [0.3, 0.4) is 0 Å². The molecule has 5 heterocycles. The van der Waals surface area contributed by atoms with Gasteiger partial charge in [0.05, 0.1) is 6.26 Å². The van der Waals surface area contributed by atoms with Crippen LogP contribution in [-0.4, -0.2) is 41.0 Å². The first-order valence-corrected chi connectivity index (χ1v) is 8.94. The number of carbonyl (C=O) groups is 1. The minimum atomic E-state index is -0.0497. The van der Waals surface area contributed by atoms with E-state index in [1.807, 2.05) is 24.4 Å². The van der Waals surface area contributed by atoms with Gasteiger partial charge in [-0.25, -0.2) is 0 Å². The smallest absolute Gasteiger partial charge is 0.244 e. The number of hydrogen-bond acceptors (Lipinski definition) is 4. The van der Waals surface area contributed by atoms with Gasteiger partial charge < -0.3 is 9.73 Å². The number of hydrogen-bond donors (Lipinski definition) is 1. The molecule has 0 aromatic carbocycles. The van der Waals surface area contributed by atoms with E-state index < -0.39 is 0 Å². The molecule has 25 heavy (non-hydrogen) atoms. The summed E-state index contributed by atoms with van der Waals surface area (Å²) in [4.78, 5) is 19.2. The van der Waals surface area contributed by atoms with Crippen molar-refractivity contribution in [2.45, 2.75) is 31.3 Å². The summed E-state index contributed by atoms with van der Waals surface area (Å²) in [6, 6.07) is 8.28. The van der Waals surface area contributed by atoms with Crippen molar-refractivity contribution in [3.05, 3.63) is 60.3 Å². The first-order valence-electron chi connectivity index (χ1n) is 8.94. The monoisotopic (exact) mass is 337 g/mol. The van der Waals surface area contributed by atoms with E-state index in [1.165, 1.54) is 5.56 Å². The summed E-state index contributed by atoms with van der Waals surface area (Å²) in [5.41, 5.74) is 1.23. The largest absolute Gasteiger partial charge is 0.465 e. The Labute approximate surface area is 147 Å². The lowest BCUT2D eigenvalue weighted by Crippen LogP contribution is -2.64. The molecule has 0 spiro atoms. The third-order valence-corrected chi connectivity index (χ3v) is 5.38. The van der Waals surface area contributed by atoms with Crippen molar-refractivity contribution >= 4 is 12.0 Å².